The Morgan fingerprint density at radius 3 is 2.35 bits per heavy atom. The van der Waals surface area contributed by atoms with Crippen LogP contribution in [-0.4, -0.2) is 50.1 Å². The van der Waals surface area contributed by atoms with E-state index in [-0.39, 0.29) is 11.1 Å². The molecule has 1 aromatic heterocycles. The highest BCUT2D eigenvalue weighted by Gasteiger charge is 2.33. The Morgan fingerprint density at radius 1 is 1.35 bits per heavy atom. The van der Waals surface area contributed by atoms with Crippen molar-refractivity contribution in [3.05, 3.63) is 22.8 Å². The molecule has 0 bridgehead atoms. The van der Waals surface area contributed by atoms with Crippen LogP contribution < -0.4 is 4.90 Å². The molecule has 2 heterocycles. The van der Waals surface area contributed by atoms with Crippen LogP contribution in [0.1, 0.15) is 18.4 Å². The largest absolute Gasteiger partial charge is 0.417 e. The van der Waals surface area contributed by atoms with E-state index in [0.29, 0.717) is 31.7 Å². The minimum Gasteiger partial charge on any atom is -0.355 e. The summed E-state index contributed by atoms with van der Waals surface area (Å²) in [4.78, 5) is 5.60. The van der Waals surface area contributed by atoms with Gasteiger partial charge in [-0.15, -0.1) is 0 Å². The monoisotopic (exact) mass is 371 g/mol. The van der Waals surface area contributed by atoms with Gasteiger partial charge in [0.2, 0.25) is 10.0 Å². The minimum absolute atomic E-state index is 0.0604. The predicted molar refractivity (Wildman–Crippen MR) is 82.1 cm³/mol. The van der Waals surface area contributed by atoms with Gasteiger partial charge < -0.3 is 4.90 Å². The van der Waals surface area contributed by atoms with Crippen molar-refractivity contribution < 1.29 is 21.6 Å². The molecule has 0 aromatic carbocycles. The lowest BCUT2D eigenvalue weighted by atomic mass is 10.1. The van der Waals surface area contributed by atoms with Crippen LogP contribution in [0.4, 0.5) is 19.0 Å². The molecule has 1 saturated heterocycles. The van der Waals surface area contributed by atoms with E-state index in [2.05, 4.69) is 4.98 Å². The number of nitrogens with zero attached hydrogens (tertiary/aromatic N) is 3. The van der Waals surface area contributed by atoms with Crippen LogP contribution in [0.15, 0.2) is 12.3 Å². The van der Waals surface area contributed by atoms with Gasteiger partial charge in [0.1, 0.15) is 5.82 Å². The van der Waals surface area contributed by atoms with E-state index in [1.807, 2.05) is 0 Å². The smallest absolute Gasteiger partial charge is 0.355 e. The molecule has 23 heavy (non-hydrogen) atoms. The maximum absolute atomic E-state index is 12.6. The van der Waals surface area contributed by atoms with Gasteiger partial charge >= 0.3 is 6.18 Å². The Kier molecular flexibility index (Phi) is 5.12. The topological polar surface area (TPSA) is 53.5 Å². The number of hydrogen-bond donors (Lipinski definition) is 0. The maximum atomic E-state index is 12.6. The number of sulfonamides is 1. The molecule has 1 aliphatic rings. The van der Waals surface area contributed by atoms with Crippen molar-refractivity contribution >= 4 is 27.4 Å². The minimum atomic E-state index is -4.49. The Bertz CT molecular complexity index is 674. The highest BCUT2D eigenvalue weighted by Crippen LogP contribution is 2.34. The van der Waals surface area contributed by atoms with E-state index < -0.39 is 21.8 Å². The first-order valence-corrected chi connectivity index (χ1v) is 9.13. The molecule has 0 spiro atoms. The van der Waals surface area contributed by atoms with Crippen molar-refractivity contribution in [2.45, 2.75) is 25.1 Å². The summed E-state index contributed by atoms with van der Waals surface area (Å²) in [5, 5.41) is -0.0604. The summed E-state index contributed by atoms with van der Waals surface area (Å²) >= 11 is 5.93. The maximum Gasteiger partial charge on any atom is 0.417 e. The fourth-order valence-electron chi connectivity index (χ4n) is 2.53. The number of halogens is 4. The first-order chi connectivity index (χ1) is 10.5. The SMILES string of the molecule is CN(C1CCN(c2ncc(C(F)(F)F)cc2Cl)CC1)S(C)(=O)=O. The van der Waals surface area contributed by atoms with Crippen molar-refractivity contribution in [1.82, 2.24) is 9.29 Å². The first-order valence-electron chi connectivity index (χ1n) is 6.91. The number of aromatic nitrogens is 1. The second kappa shape index (κ2) is 6.45. The van der Waals surface area contributed by atoms with Gasteiger partial charge in [0.15, 0.2) is 0 Å². The zero-order valence-electron chi connectivity index (χ0n) is 12.6. The second-order valence-corrected chi connectivity index (χ2v) is 7.97. The van der Waals surface area contributed by atoms with Crippen LogP contribution in [0.2, 0.25) is 5.02 Å². The molecule has 2 rings (SSSR count). The van der Waals surface area contributed by atoms with Crippen molar-refractivity contribution in [3.63, 3.8) is 0 Å². The number of piperidine rings is 1. The lowest BCUT2D eigenvalue weighted by molar-refractivity contribution is -0.137. The molecule has 0 radical (unpaired) electrons. The van der Waals surface area contributed by atoms with Crippen LogP contribution in [0.3, 0.4) is 0 Å². The van der Waals surface area contributed by atoms with Gasteiger partial charge in [-0.25, -0.2) is 17.7 Å². The number of anilines is 1. The third-order valence-electron chi connectivity index (χ3n) is 3.95. The van der Waals surface area contributed by atoms with Crippen molar-refractivity contribution in [2.75, 3.05) is 31.3 Å². The average Bonchev–Trinajstić information content (AvgIpc) is 2.45. The highest BCUT2D eigenvalue weighted by atomic mass is 35.5. The fourth-order valence-corrected chi connectivity index (χ4v) is 3.57. The number of hydrogen-bond acceptors (Lipinski definition) is 4. The molecule has 1 aromatic rings. The van der Waals surface area contributed by atoms with Crippen LogP contribution in [0.25, 0.3) is 0 Å². The van der Waals surface area contributed by atoms with Gasteiger partial charge in [-0.2, -0.15) is 13.2 Å². The average molecular weight is 372 g/mol. The fraction of sp³-hybridized carbons (Fsp3) is 0.615. The van der Waals surface area contributed by atoms with Crippen LogP contribution in [-0.2, 0) is 16.2 Å². The molecule has 0 saturated carbocycles. The molecule has 0 aliphatic carbocycles. The standard InChI is InChI=1S/C13H17ClF3N3O2S/c1-19(23(2,21)22)10-3-5-20(6-4-10)12-11(14)7-9(8-18-12)13(15,16)17/h7-8,10H,3-6H2,1-2H3. The highest BCUT2D eigenvalue weighted by molar-refractivity contribution is 7.88. The van der Waals surface area contributed by atoms with E-state index in [9.17, 15) is 21.6 Å². The van der Waals surface area contributed by atoms with Gasteiger partial charge in [-0.3, -0.25) is 0 Å². The van der Waals surface area contributed by atoms with Crippen LogP contribution >= 0.6 is 11.6 Å². The number of rotatable bonds is 3. The van der Waals surface area contributed by atoms with Gasteiger partial charge in [-0.1, -0.05) is 11.6 Å². The lowest BCUT2D eigenvalue weighted by Gasteiger charge is -2.36. The molecule has 0 N–H and O–H groups in total. The molecule has 5 nitrogen and oxygen atoms in total. The van der Waals surface area contributed by atoms with Gasteiger partial charge in [-0.05, 0) is 18.9 Å². The molecular weight excluding hydrogens is 355 g/mol. The summed E-state index contributed by atoms with van der Waals surface area (Å²) in [6.45, 7) is 0.950. The molecule has 0 amide bonds. The molecule has 1 aliphatic heterocycles. The van der Waals surface area contributed by atoms with E-state index in [4.69, 9.17) is 11.6 Å². The quantitative estimate of drug-likeness (QED) is 0.819. The predicted octanol–water partition coefficient (Wildman–Crippen LogP) is 2.61. The van der Waals surface area contributed by atoms with E-state index in [1.54, 1.807) is 4.90 Å². The van der Waals surface area contributed by atoms with E-state index in [0.717, 1.165) is 18.5 Å². The van der Waals surface area contributed by atoms with E-state index in [1.165, 1.54) is 11.4 Å². The molecule has 10 heteroatoms. The lowest BCUT2D eigenvalue weighted by Crippen LogP contribution is -2.45. The number of alkyl halides is 3. The Labute approximate surface area is 138 Å². The molecule has 1 fully saturated rings. The molecule has 130 valence electrons. The summed E-state index contributed by atoms with van der Waals surface area (Å²) in [6, 6.07) is 0.730. The van der Waals surface area contributed by atoms with Gasteiger partial charge in [0.05, 0.1) is 16.8 Å². The van der Waals surface area contributed by atoms with E-state index >= 15 is 0 Å². The van der Waals surface area contributed by atoms with Crippen LogP contribution in [0, 0.1) is 0 Å². The summed E-state index contributed by atoms with van der Waals surface area (Å²) in [5.74, 6) is 0.292. The van der Waals surface area contributed by atoms with Crippen molar-refractivity contribution in [1.29, 1.82) is 0 Å². The van der Waals surface area contributed by atoms with Gasteiger partial charge in [0.25, 0.3) is 0 Å². The summed E-state index contributed by atoms with van der Waals surface area (Å²) in [7, 11) is -1.74. The Hall–Kier alpha value is -1.06. The first kappa shape index (κ1) is 18.3. The zero-order valence-corrected chi connectivity index (χ0v) is 14.2. The van der Waals surface area contributed by atoms with Crippen LogP contribution in [0.5, 0.6) is 0 Å². The molecular formula is C13H17ClF3N3O2S. The Morgan fingerprint density at radius 2 is 1.91 bits per heavy atom. The second-order valence-electron chi connectivity index (χ2n) is 5.52. The molecule has 0 unspecified atom stereocenters. The third-order valence-corrected chi connectivity index (χ3v) is 5.57. The normalized spacial score (nSPS) is 17.8. The van der Waals surface area contributed by atoms with Gasteiger partial charge in [0, 0.05) is 32.4 Å². The molecule has 0 atom stereocenters. The zero-order chi connectivity index (χ0) is 17.4. The Balaban J connectivity index is 2.09. The summed E-state index contributed by atoms with van der Waals surface area (Å²) in [6.07, 6.45) is -1.46. The third kappa shape index (κ3) is 4.27. The van der Waals surface area contributed by atoms with Crippen molar-refractivity contribution in [2.24, 2.45) is 0 Å². The number of pyridine rings is 1. The summed E-state index contributed by atoms with van der Waals surface area (Å²) < 4.78 is 62.3. The van der Waals surface area contributed by atoms with Crippen molar-refractivity contribution in [3.8, 4) is 0 Å². The summed E-state index contributed by atoms with van der Waals surface area (Å²) in [5.41, 5.74) is -0.891.